The van der Waals surface area contributed by atoms with Gasteiger partial charge in [0.05, 0.1) is 12.1 Å². The summed E-state index contributed by atoms with van der Waals surface area (Å²) in [5.41, 5.74) is 2.12. The topological polar surface area (TPSA) is 57.0 Å². The number of nitrogens with zero attached hydrogens (tertiary/aromatic N) is 3. The maximum Gasteiger partial charge on any atom is 0.355 e. The average Bonchev–Trinajstić information content (AvgIpc) is 2.67. The van der Waals surface area contributed by atoms with Crippen LogP contribution in [0.4, 0.5) is 0 Å². The van der Waals surface area contributed by atoms with Gasteiger partial charge >= 0.3 is 5.97 Å². The van der Waals surface area contributed by atoms with Crippen molar-refractivity contribution in [2.45, 2.75) is 11.9 Å². The Kier molecular flexibility index (Phi) is 3.33. The van der Waals surface area contributed by atoms with E-state index in [9.17, 15) is 4.79 Å². The van der Waals surface area contributed by atoms with Gasteiger partial charge in [0, 0.05) is 7.05 Å². The molecule has 5 nitrogen and oxygen atoms in total. The van der Waals surface area contributed by atoms with Gasteiger partial charge in [0.1, 0.15) is 22.6 Å². The van der Waals surface area contributed by atoms with Crippen LogP contribution in [-0.4, -0.2) is 33.4 Å². The van der Waals surface area contributed by atoms with Crippen LogP contribution in [0.15, 0.2) is 17.4 Å². The molecular weight excluding hydrogens is 238 g/mol. The van der Waals surface area contributed by atoms with E-state index in [1.807, 2.05) is 13.3 Å². The SMILES string of the molecule is CCOC(=O)c1cc2ncnc(SC)c2n1C. The van der Waals surface area contributed by atoms with E-state index in [1.54, 1.807) is 17.6 Å². The number of fused-ring (bicyclic) bond motifs is 1. The largest absolute Gasteiger partial charge is 0.461 e. The minimum Gasteiger partial charge on any atom is -0.461 e. The molecule has 0 saturated carbocycles. The van der Waals surface area contributed by atoms with E-state index in [-0.39, 0.29) is 5.97 Å². The van der Waals surface area contributed by atoms with E-state index in [0.717, 1.165) is 16.1 Å². The summed E-state index contributed by atoms with van der Waals surface area (Å²) in [6.45, 7) is 2.15. The van der Waals surface area contributed by atoms with Crippen LogP contribution in [0, 0.1) is 0 Å². The molecule has 2 heterocycles. The number of ether oxygens (including phenoxy) is 1. The minimum absolute atomic E-state index is 0.333. The molecule has 0 saturated heterocycles. The molecule has 0 atom stereocenters. The van der Waals surface area contributed by atoms with Gasteiger partial charge in [-0.3, -0.25) is 0 Å². The molecule has 0 unspecified atom stereocenters. The zero-order chi connectivity index (χ0) is 12.4. The van der Waals surface area contributed by atoms with Crippen molar-refractivity contribution in [3.63, 3.8) is 0 Å². The van der Waals surface area contributed by atoms with E-state index < -0.39 is 0 Å². The monoisotopic (exact) mass is 251 g/mol. The van der Waals surface area contributed by atoms with Crippen LogP contribution in [0.25, 0.3) is 11.0 Å². The fourth-order valence-corrected chi connectivity index (χ4v) is 2.28. The first kappa shape index (κ1) is 11.9. The predicted octanol–water partition coefficient (Wildman–Crippen LogP) is 1.87. The summed E-state index contributed by atoms with van der Waals surface area (Å²) in [5.74, 6) is -0.333. The van der Waals surface area contributed by atoms with Gasteiger partial charge in [-0.05, 0) is 19.2 Å². The highest BCUT2D eigenvalue weighted by Gasteiger charge is 2.17. The number of thioether (sulfide) groups is 1. The molecule has 0 N–H and O–H groups in total. The van der Waals surface area contributed by atoms with E-state index in [4.69, 9.17) is 4.74 Å². The lowest BCUT2D eigenvalue weighted by atomic mass is 10.4. The van der Waals surface area contributed by atoms with Gasteiger partial charge < -0.3 is 9.30 Å². The molecule has 0 aliphatic carbocycles. The van der Waals surface area contributed by atoms with E-state index >= 15 is 0 Å². The highest BCUT2D eigenvalue weighted by molar-refractivity contribution is 7.98. The normalized spacial score (nSPS) is 10.8. The first-order valence-corrected chi connectivity index (χ1v) is 6.43. The fraction of sp³-hybridized carbons (Fsp3) is 0.364. The maximum atomic E-state index is 11.7. The van der Waals surface area contributed by atoms with Crippen molar-refractivity contribution in [3.05, 3.63) is 18.1 Å². The molecule has 6 heteroatoms. The molecule has 0 fully saturated rings. The van der Waals surface area contributed by atoms with Crippen molar-refractivity contribution >= 4 is 28.8 Å². The Morgan fingerprint density at radius 1 is 1.53 bits per heavy atom. The third-order valence-electron chi connectivity index (χ3n) is 2.47. The Morgan fingerprint density at radius 2 is 2.29 bits per heavy atom. The summed E-state index contributed by atoms with van der Waals surface area (Å²) in [6, 6.07) is 1.73. The van der Waals surface area contributed by atoms with Gasteiger partial charge in [-0.1, -0.05) is 0 Å². The lowest BCUT2D eigenvalue weighted by molar-refractivity contribution is 0.0516. The molecule has 90 valence electrons. The Hall–Kier alpha value is -1.56. The summed E-state index contributed by atoms with van der Waals surface area (Å²) < 4.78 is 6.77. The molecule has 2 aromatic rings. The molecule has 0 bridgehead atoms. The Labute approximate surface area is 103 Å². The molecular formula is C11H13N3O2S. The molecule has 0 radical (unpaired) electrons. The molecule has 0 aliphatic heterocycles. The molecule has 2 aromatic heterocycles. The Morgan fingerprint density at radius 3 is 2.94 bits per heavy atom. The number of aromatic nitrogens is 3. The smallest absolute Gasteiger partial charge is 0.355 e. The third-order valence-corrected chi connectivity index (χ3v) is 3.15. The first-order valence-electron chi connectivity index (χ1n) is 5.20. The average molecular weight is 251 g/mol. The van der Waals surface area contributed by atoms with Crippen LogP contribution in [0.5, 0.6) is 0 Å². The Bertz CT molecular complexity index is 565. The number of carbonyl (C=O) groups is 1. The van der Waals surface area contributed by atoms with Gasteiger partial charge in [0.25, 0.3) is 0 Å². The van der Waals surface area contributed by atoms with Crippen LogP contribution in [0.3, 0.4) is 0 Å². The quantitative estimate of drug-likeness (QED) is 0.473. The second-order valence-corrected chi connectivity index (χ2v) is 4.22. The highest BCUT2D eigenvalue weighted by Crippen LogP contribution is 2.25. The zero-order valence-corrected chi connectivity index (χ0v) is 10.7. The molecule has 0 aliphatic rings. The Balaban J connectivity index is 2.61. The maximum absolute atomic E-state index is 11.7. The molecule has 0 amide bonds. The molecule has 2 rings (SSSR count). The zero-order valence-electron chi connectivity index (χ0n) is 9.93. The lowest BCUT2D eigenvalue weighted by Gasteiger charge is -2.04. The standard InChI is InChI=1S/C11H13N3O2S/c1-4-16-11(15)8-5-7-9(14(8)2)10(17-3)13-6-12-7/h5-6H,4H2,1-3H3. The number of hydrogen-bond acceptors (Lipinski definition) is 5. The van der Waals surface area contributed by atoms with Crippen LogP contribution < -0.4 is 0 Å². The van der Waals surface area contributed by atoms with Crippen LogP contribution >= 0.6 is 11.8 Å². The van der Waals surface area contributed by atoms with Gasteiger partial charge in [-0.15, -0.1) is 11.8 Å². The molecule has 0 aromatic carbocycles. The van der Waals surface area contributed by atoms with Crippen molar-refractivity contribution in [3.8, 4) is 0 Å². The van der Waals surface area contributed by atoms with Crippen molar-refractivity contribution < 1.29 is 9.53 Å². The van der Waals surface area contributed by atoms with Crippen LogP contribution in [0.2, 0.25) is 0 Å². The van der Waals surface area contributed by atoms with E-state index in [1.165, 1.54) is 18.1 Å². The third kappa shape index (κ3) is 2.00. The summed E-state index contributed by atoms with van der Waals surface area (Å²) in [6.07, 6.45) is 3.45. The van der Waals surface area contributed by atoms with Gasteiger partial charge in [-0.25, -0.2) is 14.8 Å². The summed E-state index contributed by atoms with van der Waals surface area (Å²) in [5, 5.41) is 0.855. The number of aryl methyl sites for hydroxylation is 1. The number of rotatable bonds is 3. The van der Waals surface area contributed by atoms with Crippen molar-refractivity contribution in [2.24, 2.45) is 7.05 Å². The van der Waals surface area contributed by atoms with Crippen molar-refractivity contribution in [2.75, 3.05) is 12.9 Å². The van der Waals surface area contributed by atoms with Crippen LogP contribution in [-0.2, 0) is 11.8 Å². The predicted molar refractivity (Wildman–Crippen MR) is 66.2 cm³/mol. The fourth-order valence-electron chi connectivity index (χ4n) is 1.69. The molecule has 17 heavy (non-hydrogen) atoms. The second-order valence-electron chi connectivity index (χ2n) is 3.43. The summed E-state index contributed by atoms with van der Waals surface area (Å²) in [4.78, 5) is 20.1. The minimum atomic E-state index is -0.333. The van der Waals surface area contributed by atoms with Crippen LogP contribution in [0.1, 0.15) is 17.4 Å². The van der Waals surface area contributed by atoms with E-state index in [0.29, 0.717) is 12.3 Å². The number of hydrogen-bond donors (Lipinski definition) is 0. The van der Waals surface area contributed by atoms with Gasteiger partial charge in [-0.2, -0.15) is 0 Å². The van der Waals surface area contributed by atoms with Gasteiger partial charge in [0.15, 0.2) is 0 Å². The number of esters is 1. The lowest BCUT2D eigenvalue weighted by Crippen LogP contribution is -2.09. The van der Waals surface area contributed by atoms with Crippen molar-refractivity contribution in [1.82, 2.24) is 14.5 Å². The number of carbonyl (C=O) groups excluding carboxylic acids is 1. The van der Waals surface area contributed by atoms with Gasteiger partial charge in [0.2, 0.25) is 0 Å². The second kappa shape index (κ2) is 4.75. The van der Waals surface area contributed by atoms with Crippen molar-refractivity contribution in [1.29, 1.82) is 0 Å². The first-order chi connectivity index (χ1) is 8.19. The summed E-state index contributed by atoms with van der Waals surface area (Å²) in [7, 11) is 1.82. The molecule has 0 spiro atoms. The van der Waals surface area contributed by atoms with E-state index in [2.05, 4.69) is 9.97 Å². The summed E-state index contributed by atoms with van der Waals surface area (Å²) >= 11 is 1.53. The highest BCUT2D eigenvalue weighted by atomic mass is 32.2.